The summed E-state index contributed by atoms with van der Waals surface area (Å²) < 4.78 is 5.28. The summed E-state index contributed by atoms with van der Waals surface area (Å²) in [5.41, 5.74) is -0.385. The first kappa shape index (κ1) is 16.0. The lowest BCUT2D eigenvalue weighted by Crippen LogP contribution is -2.36. The highest BCUT2D eigenvalue weighted by atomic mass is 16.6. The van der Waals surface area contributed by atoms with Gasteiger partial charge in [-0.3, -0.25) is 9.59 Å². The van der Waals surface area contributed by atoms with Gasteiger partial charge in [0, 0.05) is 26.4 Å². The van der Waals surface area contributed by atoms with E-state index in [0.29, 0.717) is 12.3 Å². The third kappa shape index (κ3) is 6.60. The lowest BCUT2D eigenvalue weighted by atomic mass is 9.91. The summed E-state index contributed by atoms with van der Waals surface area (Å²) in [6, 6.07) is 0. The third-order valence-corrected chi connectivity index (χ3v) is 3.47. The van der Waals surface area contributed by atoms with E-state index in [-0.39, 0.29) is 17.5 Å². The second-order valence-electron chi connectivity index (χ2n) is 6.43. The molecular weight excluding hydrogens is 242 g/mol. The van der Waals surface area contributed by atoms with Crippen molar-refractivity contribution in [3.8, 4) is 0 Å². The summed E-state index contributed by atoms with van der Waals surface area (Å²) in [6.45, 7) is 9.04. The molecule has 1 amide bonds. The van der Waals surface area contributed by atoms with Gasteiger partial charge in [-0.05, 0) is 52.4 Å². The monoisotopic (exact) mass is 269 g/mol. The number of esters is 1. The summed E-state index contributed by atoms with van der Waals surface area (Å²) in [7, 11) is 0. The van der Waals surface area contributed by atoms with Crippen molar-refractivity contribution in [3.05, 3.63) is 0 Å². The number of ether oxygens (including phenoxy) is 1. The average Bonchev–Trinajstić information content (AvgIpc) is 2.27. The SMILES string of the molecule is CC(=O)N1CCC(CCCC(=O)OC(C)(C)C)CC1. The first-order valence-corrected chi connectivity index (χ1v) is 7.25. The Morgan fingerprint density at radius 3 is 2.26 bits per heavy atom. The minimum atomic E-state index is -0.385. The Morgan fingerprint density at radius 2 is 1.79 bits per heavy atom. The third-order valence-electron chi connectivity index (χ3n) is 3.47. The molecule has 0 aromatic heterocycles. The van der Waals surface area contributed by atoms with E-state index in [4.69, 9.17) is 4.74 Å². The summed E-state index contributed by atoms with van der Waals surface area (Å²) in [5, 5.41) is 0. The molecule has 4 nitrogen and oxygen atoms in total. The molecule has 0 atom stereocenters. The summed E-state index contributed by atoms with van der Waals surface area (Å²) in [4.78, 5) is 24.7. The number of nitrogens with zero attached hydrogens (tertiary/aromatic N) is 1. The number of amides is 1. The predicted molar refractivity (Wildman–Crippen MR) is 74.7 cm³/mol. The minimum absolute atomic E-state index is 0.103. The second-order valence-corrected chi connectivity index (χ2v) is 6.43. The maximum Gasteiger partial charge on any atom is 0.306 e. The van der Waals surface area contributed by atoms with Crippen molar-refractivity contribution in [1.82, 2.24) is 4.90 Å². The van der Waals surface area contributed by atoms with Crippen molar-refractivity contribution in [2.24, 2.45) is 5.92 Å². The molecule has 1 heterocycles. The molecule has 4 heteroatoms. The largest absolute Gasteiger partial charge is 0.460 e. The van der Waals surface area contributed by atoms with Gasteiger partial charge in [-0.25, -0.2) is 0 Å². The lowest BCUT2D eigenvalue weighted by molar-refractivity contribution is -0.155. The van der Waals surface area contributed by atoms with E-state index in [9.17, 15) is 9.59 Å². The second kappa shape index (κ2) is 6.92. The highest BCUT2D eigenvalue weighted by Crippen LogP contribution is 2.23. The molecule has 1 saturated heterocycles. The van der Waals surface area contributed by atoms with E-state index in [0.717, 1.165) is 38.8 Å². The van der Waals surface area contributed by atoms with Crippen LogP contribution in [-0.2, 0) is 14.3 Å². The normalized spacial score (nSPS) is 17.4. The summed E-state index contributed by atoms with van der Waals surface area (Å²) in [6.07, 6.45) is 4.58. The van der Waals surface area contributed by atoms with Gasteiger partial charge in [-0.15, -0.1) is 0 Å². The molecule has 1 aliphatic rings. The van der Waals surface area contributed by atoms with Gasteiger partial charge in [-0.2, -0.15) is 0 Å². The fraction of sp³-hybridized carbons (Fsp3) is 0.867. The van der Waals surface area contributed by atoms with Gasteiger partial charge in [0.2, 0.25) is 5.91 Å². The van der Waals surface area contributed by atoms with E-state index >= 15 is 0 Å². The van der Waals surface area contributed by atoms with Crippen molar-refractivity contribution in [2.45, 2.75) is 65.4 Å². The number of likely N-dealkylation sites (tertiary alicyclic amines) is 1. The molecule has 0 aromatic carbocycles. The molecule has 0 spiro atoms. The van der Waals surface area contributed by atoms with Crippen molar-refractivity contribution in [1.29, 1.82) is 0 Å². The van der Waals surface area contributed by atoms with Crippen LogP contribution in [0.15, 0.2) is 0 Å². The molecule has 0 N–H and O–H groups in total. The van der Waals surface area contributed by atoms with Crippen LogP contribution in [0, 0.1) is 5.92 Å². The molecule has 1 rings (SSSR count). The molecule has 1 aliphatic heterocycles. The van der Waals surface area contributed by atoms with Crippen molar-refractivity contribution in [2.75, 3.05) is 13.1 Å². The van der Waals surface area contributed by atoms with Crippen molar-refractivity contribution >= 4 is 11.9 Å². The number of carbonyl (C=O) groups excluding carboxylic acids is 2. The number of hydrogen-bond acceptors (Lipinski definition) is 3. The standard InChI is InChI=1S/C15H27NO3/c1-12(17)16-10-8-13(9-11-16)6-5-7-14(18)19-15(2,3)4/h13H,5-11H2,1-4H3. The molecule has 0 radical (unpaired) electrons. The Bertz CT molecular complexity index is 312. The van der Waals surface area contributed by atoms with Gasteiger partial charge >= 0.3 is 5.97 Å². The Kier molecular flexibility index (Phi) is 5.83. The van der Waals surface area contributed by atoms with E-state index < -0.39 is 0 Å². The van der Waals surface area contributed by atoms with E-state index in [1.807, 2.05) is 25.7 Å². The van der Waals surface area contributed by atoms with Gasteiger partial charge < -0.3 is 9.64 Å². The van der Waals surface area contributed by atoms with Crippen LogP contribution in [0.4, 0.5) is 0 Å². The molecule has 0 unspecified atom stereocenters. The molecule has 0 aromatic rings. The molecular formula is C15H27NO3. The van der Waals surface area contributed by atoms with Gasteiger partial charge in [0.15, 0.2) is 0 Å². The van der Waals surface area contributed by atoms with Gasteiger partial charge in [0.05, 0.1) is 0 Å². The van der Waals surface area contributed by atoms with Crippen LogP contribution in [0.5, 0.6) is 0 Å². The Morgan fingerprint density at radius 1 is 1.21 bits per heavy atom. The van der Waals surface area contributed by atoms with Crippen LogP contribution < -0.4 is 0 Å². The number of rotatable bonds is 4. The zero-order chi connectivity index (χ0) is 14.5. The summed E-state index contributed by atoms with van der Waals surface area (Å²) in [5.74, 6) is 0.721. The minimum Gasteiger partial charge on any atom is -0.460 e. The van der Waals surface area contributed by atoms with Crippen LogP contribution in [0.25, 0.3) is 0 Å². The lowest BCUT2D eigenvalue weighted by Gasteiger charge is -2.31. The molecule has 0 aliphatic carbocycles. The van der Waals surface area contributed by atoms with E-state index in [2.05, 4.69) is 0 Å². The highest BCUT2D eigenvalue weighted by Gasteiger charge is 2.21. The molecule has 19 heavy (non-hydrogen) atoms. The van der Waals surface area contributed by atoms with E-state index in [1.165, 1.54) is 0 Å². The average molecular weight is 269 g/mol. The number of piperidine rings is 1. The Labute approximate surface area is 116 Å². The first-order valence-electron chi connectivity index (χ1n) is 7.25. The van der Waals surface area contributed by atoms with Gasteiger partial charge in [-0.1, -0.05) is 0 Å². The molecule has 110 valence electrons. The molecule has 1 fully saturated rings. The van der Waals surface area contributed by atoms with Crippen molar-refractivity contribution < 1.29 is 14.3 Å². The van der Waals surface area contributed by atoms with Crippen LogP contribution in [0.3, 0.4) is 0 Å². The zero-order valence-electron chi connectivity index (χ0n) is 12.7. The Balaban J connectivity index is 2.14. The fourth-order valence-corrected chi connectivity index (χ4v) is 2.46. The Hall–Kier alpha value is -1.06. The predicted octanol–water partition coefficient (Wildman–Crippen LogP) is 2.76. The molecule has 0 saturated carbocycles. The summed E-state index contributed by atoms with van der Waals surface area (Å²) >= 11 is 0. The van der Waals surface area contributed by atoms with Crippen LogP contribution in [0.2, 0.25) is 0 Å². The number of hydrogen-bond donors (Lipinski definition) is 0. The topological polar surface area (TPSA) is 46.6 Å². The van der Waals surface area contributed by atoms with Crippen molar-refractivity contribution in [3.63, 3.8) is 0 Å². The van der Waals surface area contributed by atoms with E-state index in [1.54, 1.807) is 6.92 Å². The van der Waals surface area contributed by atoms with Crippen LogP contribution in [-0.4, -0.2) is 35.5 Å². The fourth-order valence-electron chi connectivity index (χ4n) is 2.46. The van der Waals surface area contributed by atoms with Crippen LogP contribution in [0.1, 0.15) is 59.8 Å². The zero-order valence-corrected chi connectivity index (χ0v) is 12.7. The quantitative estimate of drug-likeness (QED) is 0.737. The highest BCUT2D eigenvalue weighted by molar-refractivity contribution is 5.73. The number of carbonyl (C=O) groups is 2. The maximum atomic E-state index is 11.6. The molecule has 0 bridgehead atoms. The smallest absolute Gasteiger partial charge is 0.306 e. The van der Waals surface area contributed by atoms with Crippen LogP contribution >= 0.6 is 0 Å². The van der Waals surface area contributed by atoms with Gasteiger partial charge in [0.1, 0.15) is 5.60 Å². The first-order chi connectivity index (χ1) is 8.78. The van der Waals surface area contributed by atoms with Gasteiger partial charge in [0.25, 0.3) is 0 Å². The maximum absolute atomic E-state index is 11.6.